The molecule has 4 rings (SSSR count). The Morgan fingerprint density at radius 3 is 2.43 bits per heavy atom. The van der Waals surface area contributed by atoms with Gasteiger partial charge in [-0.1, -0.05) is 30.3 Å². The fourth-order valence-electron chi connectivity index (χ4n) is 3.76. The topological polar surface area (TPSA) is 45.6 Å². The van der Waals surface area contributed by atoms with Crippen LogP contribution in [-0.4, -0.2) is 41.6 Å². The second-order valence-electron chi connectivity index (χ2n) is 7.08. The minimum absolute atomic E-state index is 0.0230. The number of aryl methyl sites for hydroxylation is 1. The molecule has 2 heterocycles. The zero-order valence-electron chi connectivity index (χ0n) is 15.8. The van der Waals surface area contributed by atoms with E-state index in [1.807, 2.05) is 42.2 Å². The molecule has 1 fully saturated rings. The van der Waals surface area contributed by atoms with Gasteiger partial charge in [0.1, 0.15) is 12.4 Å². The standard InChI is InChI=1S/C22H22FN3O2/c1-16-14-17-6-2-3-7-18(17)22(28)26(16)15-21(27)25-12-10-24(11-13-25)20-9-5-4-8-19(20)23/h2-9,14H,10-13,15H2,1H3. The van der Waals surface area contributed by atoms with Gasteiger partial charge in [0.2, 0.25) is 5.91 Å². The zero-order chi connectivity index (χ0) is 19.7. The Morgan fingerprint density at radius 2 is 1.68 bits per heavy atom. The average molecular weight is 379 g/mol. The first-order chi connectivity index (χ1) is 13.5. The van der Waals surface area contributed by atoms with Crippen molar-refractivity contribution >= 4 is 22.4 Å². The summed E-state index contributed by atoms with van der Waals surface area (Å²) in [4.78, 5) is 29.3. The van der Waals surface area contributed by atoms with Gasteiger partial charge in [-0.2, -0.15) is 0 Å². The molecular weight excluding hydrogens is 357 g/mol. The third-order valence-electron chi connectivity index (χ3n) is 5.35. The Balaban J connectivity index is 1.48. The fraction of sp³-hybridized carbons (Fsp3) is 0.273. The first-order valence-corrected chi connectivity index (χ1v) is 9.41. The average Bonchev–Trinajstić information content (AvgIpc) is 2.71. The van der Waals surface area contributed by atoms with Crippen molar-refractivity contribution in [3.05, 3.63) is 76.5 Å². The van der Waals surface area contributed by atoms with E-state index in [0.717, 1.165) is 11.1 Å². The molecule has 2 aromatic carbocycles. The van der Waals surface area contributed by atoms with Crippen LogP contribution in [0.2, 0.25) is 0 Å². The van der Waals surface area contributed by atoms with E-state index in [0.29, 0.717) is 37.3 Å². The number of para-hydroxylation sites is 1. The van der Waals surface area contributed by atoms with Gasteiger partial charge in [-0.15, -0.1) is 0 Å². The van der Waals surface area contributed by atoms with Crippen molar-refractivity contribution < 1.29 is 9.18 Å². The second-order valence-corrected chi connectivity index (χ2v) is 7.08. The van der Waals surface area contributed by atoms with E-state index in [-0.39, 0.29) is 23.8 Å². The number of hydrogen-bond donors (Lipinski definition) is 0. The Kier molecular flexibility index (Phi) is 4.86. The number of anilines is 1. The third-order valence-corrected chi connectivity index (χ3v) is 5.35. The van der Waals surface area contributed by atoms with Gasteiger partial charge in [-0.05, 0) is 36.6 Å². The molecule has 1 aliphatic heterocycles. The van der Waals surface area contributed by atoms with Crippen LogP contribution in [0.25, 0.3) is 10.8 Å². The maximum Gasteiger partial charge on any atom is 0.259 e. The lowest BCUT2D eigenvalue weighted by Crippen LogP contribution is -2.50. The quantitative estimate of drug-likeness (QED) is 0.703. The van der Waals surface area contributed by atoms with Gasteiger partial charge in [0, 0.05) is 37.3 Å². The Hall–Kier alpha value is -3.15. The number of hydrogen-bond acceptors (Lipinski definition) is 3. The molecule has 1 aliphatic rings. The van der Waals surface area contributed by atoms with Crippen molar-refractivity contribution in [2.24, 2.45) is 0 Å². The third kappa shape index (κ3) is 3.38. The summed E-state index contributed by atoms with van der Waals surface area (Å²) in [7, 11) is 0. The van der Waals surface area contributed by atoms with E-state index in [2.05, 4.69) is 0 Å². The van der Waals surface area contributed by atoms with Crippen molar-refractivity contribution in [1.29, 1.82) is 0 Å². The molecule has 0 aliphatic carbocycles. The predicted octanol–water partition coefficient (Wildman–Crippen LogP) is 2.80. The molecule has 0 saturated carbocycles. The molecule has 0 unspecified atom stereocenters. The predicted molar refractivity (Wildman–Crippen MR) is 108 cm³/mol. The molecule has 1 amide bonds. The van der Waals surface area contributed by atoms with Gasteiger partial charge in [0.05, 0.1) is 5.69 Å². The highest BCUT2D eigenvalue weighted by molar-refractivity contribution is 5.83. The summed E-state index contributed by atoms with van der Waals surface area (Å²) < 4.78 is 15.5. The molecule has 1 aromatic heterocycles. The van der Waals surface area contributed by atoms with Crippen LogP contribution < -0.4 is 10.5 Å². The van der Waals surface area contributed by atoms with Gasteiger partial charge >= 0.3 is 0 Å². The molecule has 1 saturated heterocycles. The van der Waals surface area contributed by atoms with Crippen LogP contribution in [0.3, 0.4) is 0 Å². The van der Waals surface area contributed by atoms with E-state index in [1.165, 1.54) is 10.6 Å². The number of aromatic nitrogens is 1. The minimum Gasteiger partial charge on any atom is -0.366 e. The Bertz CT molecular complexity index is 1080. The normalized spacial score (nSPS) is 14.5. The van der Waals surface area contributed by atoms with Crippen LogP contribution in [0, 0.1) is 12.7 Å². The zero-order valence-corrected chi connectivity index (χ0v) is 15.8. The lowest BCUT2D eigenvalue weighted by Gasteiger charge is -2.36. The highest BCUT2D eigenvalue weighted by atomic mass is 19.1. The maximum absolute atomic E-state index is 14.0. The van der Waals surface area contributed by atoms with Crippen LogP contribution in [0.5, 0.6) is 0 Å². The second kappa shape index (κ2) is 7.46. The number of carbonyl (C=O) groups is 1. The van der Waals surface area contributed by atoms with Crippen molar-refractivity contribution in [3.8, 4) is 0 Å². The molecule has 5 nitrogen and oxygen atoms in total. The molecule has 0 spiro atoms. The monoisotopic (exact) mass is 379 g/mol. The first-order valence-electron chi connectivity index (χ1n) is 9.41. The maximum atomic E-state index is 14.0. The number of benzene rings is 2. The van der Waals surface area contributed by atoms with Gasteiger partial charge in [-0.25, -0.2) is 4.39 Å². The molecule has 28 heavy (non-hydrogen) atoms. The number of halogens is 1. The van der Waals surface area contributed by atoms with Gasteiger partial charge < -0.3 is 14.4 Å². The summed E-state index contributed by atoms with van der Waals surface area (Å²) >= 11 is 0. The highest BCUT2D eigenvalue weighted by Crippen LogP contribution is 2.20. The molecule has 0 radical (unpaired) electrons. The smallest absolute Gasteiger partial charge is 0.259 e. The van der Waals surface area contributed by atoms with E-state index >= 15 is 0 Å². The van der Waals surface area contributed by atoms with E-state index in [9.17, 15) is 14.0 Å². The number of amides is 1. The number of nitrogens with zero attached hydrogens (tertiary/aromatic N) is 3. The summed E-state index contributed by atoms with van der Waals surface area (Å²) in [6.07, 6.45) is 0. The summed E-state index contributed by atoms with van der Waals surface area (Å²) in [5.74, 6) is -0.339. The first kappa shape index (κ1) is 18.2. The lowest BCUT2D eigenvalue weighted by atomic mass is 10.1. The van der Waals surface area contributed by atoms with Crippen molar-refractivity contribution in [2.75, 3.05) is 31.1 Å². The lowest BCUT2D eigenvalue weighted by molar-refractivity contribution is -0.132. The van der Waals surface area contributed by atoms with Crippen LogP contribution in [0.4, 0.5) is 10.1 Å². The number of fused-ring (bicyclic) bond motifs is 1. The van der Waals surface area contributed by atoms with Crippen LogP contribution in [-0.2, 0) is 11.3 Å². The molecule has 0 atom stereocenters. The van der Waals surface area contributed by atoms with Crippen LogP contribution >= 0.6 is 0 Å². The number of rotatable bonds is 3. The largest absolute Gasteiger partial charge is 0.366 e. The molecule has 0 bridgehead atoms. The number of piperazine rings is 1. The van der Waals surface area contributed by atoms with Crippen molar-refractivity contribution in [1.82, 2.24) is 9.47 Å². The van der Waals surface area contributed by atoms with Crippen molar-refractivity contribution in [3.63, 3.8) is 0 Å². The SMILES string of the molecule is Cc1cc2ccccc2c(=O)n1CC(=O)N1CCN(c2ccccc2F)CC1. The van der Waals surface area contributed by atoms with E-state index in [4.69, 9.17) is 0 Å². The number of carbonyl (C=O) groups excluding carboxylic acids is 1. The summed E-state index contributed by atoms with van der Waals surface area (Å²) in [5, 5.41) is 1.50. The van der Waals surface area contributed by atoms with Crippen molar-refractivity contribution in [2.45, 2.75) is 13.5 Å². The Labute approximate surface area is 162 Å². The van der Waals surface area contributed by atoms with E-state index in [1.54, 1.807) is 23.1 Å². The molecule has 6 heteroatoms. The summed E-state index contributed by atoms with van der Waals surface area (Å²) in [6, 6.07) is 16.0. The van der Waals surface area contributed by atoms with Crippen LogP contribution in [0.1, 0.15) is 5.69 Å². The summed E-state index contributed by atoms with van der Waals surface area (Å²) in [5.41, 5.74) is 1.19. The number of pyridine rings is 1. The molecule has 144 valence electrons. The van der Waals surface area contributed by atoms with Gasteiger partial charge in [0.15, 0.2) is 0 Å². The molecule has 3 aromatic rings. The Morgan fingerprint density at radius 1 is 1.00 bits per heavy atom. The minimum atomic E-state index is -0.249. The summed E-state index contributed by atoms with van der Waals surface area (Å²) in [6.45, 7) is 4.02. The molecular formula is C22H22FN3O2. The van der Waals surface area contributed by atoms with Crippen LogP contribution in [0.15, 0.2) is 59.4 Å². The van der Waals surface area contributed by atoms with Gasteiger partial charge in [0.25, 0.3) is 5.56 Å². The highest BCUT2D eigenvalue weighted by Gasteiger charge is 2.23. The molecule has 0 N–H and O–H groups in total. The van der Waals surface area contributed by atoms with Gasteiger partial charge in [-0.3, -0.25) is 9.59 Å². The fourth-order valence-corrected chi connectivity index (χ4v) is 3.76. The van der Waals surface area contributed by atoms with E-state index < -0.39 is 0 Å².